The molecule has 0 aromatic heterocycles. The van der Waals surface area contributed by atoms with Gasteiger partial charge in [0.2, 0.25) is 11.8 Å². The molecule has 3 amide bonds. The van der Waals surface area contributed by atoms with E-state index in [0.29, 0.717) is 38.9 Å². The Bertz CT molecular complexity index is 1400. The summed E-state index contributed by atoms with van der Waals surface area (Å²) in [5.74, 6) is -0.656. The first-order valence-corrected chi connectivity index (χ1v) is 16.4. The molecule has 0 saturated carbocycles. The Hall–Kier alpha value is -4.17. The maximum Gasteiger partial charge on any atom is 0.408 e. The average molecular weight is 627 g/mol. The van der Waals surface area contributed by atoms with Crippen LogP contribution in [0.2, 0.25) is 0 Å². The number of hydrogen-bond acceptors (Lipinski definition) is 5. The summed E-state index contributed by atoms with van der Waals surface area (Å²) >= 11 is 0. The van der Waals surface area contributed by atoms with Crippen LogP contribution in [0, 0.1) is 5.92 Å². The van der Waals surface area contributed by atoms with Crippen molar-refractivity contribution in [1.82, 2.24) is 20.4 Å². The first-order valence-electron chi connectivity index (χ1n) is 16.4. The number of nitrogens with one attached hydrogen (secondary N) is 2. The summed E-state index contributed by atoms with van der Waals surface area (Å²) in [5.41, 5.74) is 1.26. The van der Waals surface area contributed by atoms with Gasteiger partial charge in [0, 0.05) is 32.7 Å². The minimum Gasteiger partial charge on any atom is -0.444 e. The van der Waals surface area contributed by atoms with E-state index in [2.05, 4.69) is 27.7 Å². The van der Waals surface area contributed by atoms with E-state index in [1.54, 1.807) is 25.7 Å². The zero-order chi connectivity index (χ0) is 33.2. The molecule has 4 rings (SSSR count). The van der Waals surface area contributed by atoms with Gasteiger partial charge in [0.05, 0.1) is 0 Å². The number of rotatable bonds is 12. The molecule has 46 heavy (non-hydrogen) atoms. The zero-order valence-corrected chi connectivity index (χ0v) is 28.0. The van der Waals surface area contributed by atoms with Crippen LogP contribution in [0.25, 0.3) is 0 Å². The summed E-state index contributed by atoms with van der Waals surface area (Å²) in [6.45, 7) is 12.0. The van der Waals surface area contributed by atoms with Crippen LogP contribution in [0.15, 0.2) is 91.0 Å². The second kappa shape index (κ2) is 15.9. The third-order valence-electron chi connectivity index (χ3n) is 8.77. The van der Waals surface area contributed by atoms with E-state index in [1.165, 1.54) is 5.56 Å². The lowest BCUT2D eigenvalue weighted by Crippen LogP contribution is -2.67. The number of piperidine rings is 1. The standard InChI is InChI=1S/C38H50N4O4/c1-6-29(2)33(40-36(45)46-37(3,4)5)34(43)42(28-32-20-14-9-15-21-32)38(35(44)39-26-30-16-10-7-11-17-30)22-24-41(25-23-38)27-31-18-12-8-13-19-31/h7-21,29,33H,6,22-28H2,1-5H3,(H,39,44)(H,40,45)/t29-,33-/m0/s1. The van der Waals surface area contributed by atoms with Gasteiger partial charge in [-0.2, -0.15) is 0 Å². The zero-order valence-electron chi connectivity index (χ0n) is 28.0. The van der Waals surface area contributed by atoms with Crippen molar-refractivity contribution in [3.05, 3.63) is 108 Å². The lowest BCUT2D eigenvalue weighted by Gasteiger charge is -2.49. The molecule has 8 heteroatoms. The van der Waals surface area contributed by atoms with Gasteiger partial charge >= 0.3 is 6.09 Å². The quantitative estimate of drug-likeness (QED) is 0.246. The first-order chi connectivity index (χ1) is 22.0. The fourth-order valence-corrected chi connectivity index (χ4v) is 5.98. The monoisotopic (exact) mass is 626 g/mol. The molecule has 3 aromatic rings. The van der Waals surface area contributed by atoms with Crippen LogP contribution in [0.5, 0.6) is 0 Å². The van der Waals surface area contributed by atoms with Crippen LogP contribution in [0.1, 0.15) is 70.6 Å². The fraction of sp³-hybridized carbons (Fsp3) is 0.447. The van der Waals surface area contributed by atoms with E-state index in [9.17, 15) is 14.4 Å². The van der Waals surface area contributed by atoms with Crippen LogP contribution in [-0.2, 0) is 34.0 Å². The van der Waals surface area contributed by atoms with Crippen LogP contribution < -0.4 is 10.6 Å². The highest BCUT2D eigenvalue weighted by Gasteiger charge is 2.50. The molecule has 0 unspecified atom stereocenters. The second-order valence-electron chi connectivity index (χ2n) is 13.4. The van der Waals surface area contributed by atoms with Crippen molar-refractivity contribution in [1.29, 1.82) is 0 Å². The summed E-state index contributed by atoms with van der Waals surface area (Å²) < 4.78 is 5.58. The summed E-state index contributed by atoms with van der Waals surface area (Å²) in [4.78, 5) is 46.5. The third kappa shape index (κ3) is 9.42. The smallest absolute Gasteiger partial charge is 0.408 e. The molecular formula is C38H50N4O4. The molecule has 0 radical (unpaired) electrons. The Morgan fingerprint density at radius 2 is 1.37 bits per heavy atom. The number of benzene rings is 3. The van der Waals surface area contributed by atoms with Crippen molar-refractivity contribution in [2.75, 3.05) is 13.1 Å². The molecule has 0 bridgehead atoms. The van der Waals surface area contributed by atoms with E-state index in [-0.39, 0.29) is 24.3 Å². The first kappa shape index (κ1) is 34.7. The summed E-state index contributed by atoms with van der Waals surface area (Å²) in [6, 6.07) is 29.0. The van der Waals surface area contributed by atoms with Crippen molar-refractivity contribution < 1.29 is 19.1 Å². The molecule has 2 atom stereocenters. The number of alkyl carbamates (subject to hydrolysis) is 1. The van der Waals surface area contributed by atoms with Gasteiger partial charge < -0.3 is 20.3 Å². The Labute approximate surface area is 274 Å². The van der Waals surface area contributed by atoms with Gasteiger partial charge in [-0.15, -0.1) is 0 Å². The van der Waals surface area contributed by atoms with Crippen LogP contribution in [0.3, 0.4) is 0 Å². The topological polar surface area (TPSA) is 91.0 Å². The van der Waals surface area contributed by atoms with Gasteiger partial charge in [0.25, 0.3) is 0 Å². The van der Waals surface area contributed by atoms with Gasteiger partial charge in [0.1, 0.15) is 17.2 Å². The number of amides is 3. The van der Waals surface area contributed by atoms with Crippen molar-refractivity contribution in [2.45, 2.75) is 90.7 Å². The van der Waals surface area contributed by atoms with Gasteiger partial charge in [-0.3, -0.25) is 14.5 Å². The molecule has 1 saturated heterocycles. The number of carbonyl (C=O) groups is 3. The summed E-state index contributed by atoms with van der Waals surface area (Å²) in [7, 11) is 0. The highest BCUT2D eigenvalue weighted by Crippen LogP contribution is 2.34. The lowest BCUT2D eigenvalue weighted by molar-refractivity contribution is -0.155. The highest BCUT2D eigenvalue weighted by molar-refractivity contribution is 5.94. The Balaban J connectivity index is 1.71. The number of likely N-dealkylation sites (tertiary alicyclic amines) is 1. The Morgan fingerprint density at radius 1 is 0.848 bits per heavy atom. The largest absolute Gasteiger partial charge is 0.444 e. The Kier molecular flexibility index (Phi) is 12.0. The van der Waals surface area contributed by atoms with Gasteiger partial charge in [0.15, 0.2) is 0 Å². The second-order valence-corrected chi connectivity index (χ2v) is 13.4. The molecule has 246 valence electrons. The number of carbonyl (C=O) groups excluding carboxylic acids is 3. The minimum absolute atomic E-state index is 0.180. The maximum atomic E-state index is 14.9. The van der Waals surface area contributed by atoms with Gasteiger partial charge in [-0.05, 0) is 56.2 Å². The summed E-state index contributed by atoms with van der Waals surface area (Å²) in [6.07, 6.45) is 0.923. The van der Waals surface area contributed by atoms with E-state index in [1.807, 2.05) is 92.7 Å². The van der Waals surface area contributed by atoms with E-state index in [0.717, 1.165) is 17.7 Å². The van der Waals surface area contributed by atoms with E-state index >= 15 is 0 Å². The number of hydrogen-bond donors (Lipinski definition) is 2. The fourth-order valence-electron chi connectivity index (χ4n) is 5.98. The van der Waals surface area contributed by atoms with Crippen molar-refractivity contribution in [3.8, 4) is 0 Å². The molecule has 2 N–H and O–H groups in total. The third-order valence-corrected chi connectivity index (χ3v) is 8.77. The molecule has 1 heterocycles. The van der Waals surface area contributed by atoms with Crippen molar-refractivity contribution in [3.63, 3.8) is 0 Å². The molecule has 8 nitrogen and oxygen atoms in total. The molecule has 0 spiro atoms. The van der Waals surface area contributed by atoms with Gasteiger partial charge in [-0.25, -0.2) is 4.79 Å². The Morgan fingerprint density at radius 3 is 1.89 bits per heavy atom. The van der Waals surface area contributed by atoms with Crippen molar-refractivity contribution in [2.24, 2.45) is 5.92 Å². The van der Waals surface area contributed by atoms with Crippen molar-refractivity contribution >= 4 is 17.9 Å². The van der Waals surface area contributed by atoms with E-state index < -0.39 is 23.3 Å². The maximum absolute atomic E-state index is 14.9. The predicted octanol–water partition coefficient (Wildman–Crippen LogP) is 6.31. The predicted molar refractivity (Wildman–Crippen MR) is 182 cm³/mol. The average Bonchev–Trinajstić information content (AvgIpc) is 3.05. The van der Waals surface area contributed by atoms with E-state index in [4.69, 9.17) is 4.74 Å². The molecule has 1 aliphatic rings. The van der Waals surface area contributed by atoms with Crippen LogP contribution >= 0.6 is 0 Å². The number of ether oxygens (including phenoxy) is 1. The number of nitrogens with zero attached hydrogens (tertiary/aromatic N) is 2. The van der Waals surface area contributed by atoms with Gasteiger partial charge in [-0.1, -0.05) is 111 Å². The lowest BCUT2D eigenvalue weighted by atomic mass is 9.82. The highest BCUT2D eigenvalue weighted by atomic mass is 16.6. The molecule has 3 aromatic carbocycles. The summed E-state index contributed by atoms with van der Waals surface area (Å²) in [5, 5.41) is 6.08. The molecular weight excluding hydrogens is 576 g/mol. The molecule has 1 fully saturated rings. The van der Waals surface area contributed by atoms with Crippen LogP contribution in [-0.4, -0.2) is 58.0 Å². The molecule has 1 aliphatic heterocycles. The normalized spacial score (nSPS) is 16.1. The molecule has 0 aliphatic carbocycles. The minimum atomic E-state index is -1.13. The van der Waals surface area contributed by atoms with Crippen LogP contribution in [0.4, 0.5) is 4.79 Å². The SMILES string of the molecule is CC[C@H](C)[C@H](NC(=O)OC(C)(C)C)C(=O)N(Cc1ccccc1)C1(C(=O)NCc2ccccc2)CCN(Cc2ccccc2)CC1.